The van der Waals surface area contributed by atoms with Gasteiger partial charge in [-0.25, -0.2) is 0 Å². The molecule has 0 saturated carbocycles. The lowest BCUT2D eigenvalue weighted by atomic mass is 9.83. The molecule has 4 aliphatic heterocycles. The molecular formula is C23H41NO17. The third-order valence-corrected chi connectivity index (χ3v) is 8.23. The average Bonchev–Trinajstić information content (AvgIpc) is 3.34. The van der Waals surface area contributed by atoms with Crippen molar-refractivity contribution in [3.8, 4) is 0 Å². The Hall–Kier alpha value is -0.720. The smallest absolute Gasteiger partial charge is 0.187 e. The first kappa shape index (κ1) is 33.2. The van der Waals surface area contributed by atoms with Gasteiger partial charge in [-0.05, 0) is 0 Å². The molecule has 18 nitrogen and oxygen atoms in total. The maximum absolute atomic E-state index is 10.9. The first-order valence-electron chi connectivity index (χ1n) is 13.4. The van der Waals surface area contributed by atoms with E-state index in [1.165, 1.54) is 0 Å². The summed E-state index contributed by atoms with van der Waals surface area (Å²) in [6.45, 7) is -2.64. The molecule has 240 valence electrons. The second kappa shape index (κ2) is 13.9. The van der Waals surface area contributed by atoms with E-state index in [1.807, 2.05) is 0 Å². The summed E-state index contributed by atoms with van der Waals surface area (Å²) < 4.78 is 27.7. The zero-order valence-electron chi connectivity index (χ0n) is 21.8. The van der Waals surface area contributed by atoms with E-state index in [-0.39, 0.29) is 6.54 Å². The first-order valence-corrected chi connectivity index (χ1v) is 13.4. The van der Waals surface area contributed by atoms with Crippen molar-refractivity contribution in [2.75, 3.05) is 33.0 Å². The van der Waals surface area contributed by atoms with Crippen LogP contribution in [0.15, 0.2) is 0 Å². The summed E-state index contributed by atoms with van der Waals surface area (Å²) in [5, 5.41) is 126. The Bertz CT molecular complexity index is 823. The van der Waals surface area contributed by atoms with Crippen molar-refractivity contribution < 1.29 is 85.0 Å². The molecule has 1 unspecified atom stereocenters. The van der Waals surface area contributed by atoms with Gasteiger partial charge < -0.3 is 90.3 Å². The molecule has 0 aromatic rings. The molecular weight excluding hydrogens is 562 g/mol. The van der Waals surface area contributed by atoms with Crippen LogP contribution in [-0.4, -0.2) is 198 Å². The van der Waals surface area contributed by atoms with Gasteiger partial charge in [0.25, 0.3) is 0 Å². The average molecular weight is 604 g/mol. The molecule has 0 amide bonds. The van der Waals surface area contributed by atoms with Gasteiger partial charge in [0.2, 0.25) is 0 Å². The largest absolute Gasteiger partial charge is 0.395 e. The second-order valence-electron chi connectivity index (χ2n) is 10.8. The molecule has 0 aromatic heterocycles. The van der Waals surface area contributed by atoms with Gasteiger partial charge in [-0.3, -0.25) is 0 Å². The van der Waals surface area contributed by atoms with Crippen LogP contribution in [0.1, 0.15) is 0 Å². The van der Waals surface area contributed by atoms with Crippen molar-refractivity contribution >= 4 is 0 Å². The number of β-amino-alcohol motifs (C(OH)–C–C–N with tert-alkyl or cyclic N) is 1. The number of aliphatic hydroxyl groups is 12. The van der Waals surface area contributed by atoms with Crippen LogP contribution in [0.2, 0.25) is 0 Å². The molecule has 0 spiro atoms. The minimum absolute atomic E-state index is 0.0944. The van der Waals surface area contributed by atoms with Crippen LogP contribution in [-0.2, 0) is 23.7 Å². The zero-order chi connectivity index (χ0) is 30.2. The van der Waals surface area contributed by atoms with Crippen LogP contribution < -0.4 is 5.32 Å². The molecule has 0 bridgehead atoms. The molecule has 13 N–H and O–H groups in total. The molecule has 18 atom stereocenters. The van der Waals surface area contributed by atoms with Crippen molar-refractivity contribution in [1.82, 2.24) is 5.32 Å². The Morgan fingerprint density at radius 2 is 1.02 bits per heavy atom. The van der Waals surface area contributed by atoms with E-state index >= 15 is 0 Å². The minimum atomic E-state index is -1.94. The summed E-state index contributed by atoms with van der Waals surface area (Å²) in [6, 6.07) is -0.668. The minimum Gasteiger partial charge on any atom is -0.395 e. The fourth-order valence-corrected chi connectivity index (χ4v) is 5.87. The second-order valence-corrected chi connectivity index (χ2v) is 10.8. The molecule has 4 aliphatic rings. The Labute approximate surface area is 233 Å². The van der Waals surface area contributed by atoms with E-state index < -0.39 is 136 Å². The third kappa shape index (κ3) is 6.41. The lowest BCUT2D eigenvalue weighted by molar-refractivity contribution is -0.373. The molecule has 4 rings (SSSR count). The van der Waals surface area contributed by atoms with E-state index in [2.05, 4.69) is 5.32 Å². The number of hydrogen-bond donors (Lipinski definition) is 13. The summed E-state index contributed by atoms with van der Waals surface area (Å²) in [6.07, 6.45) is -25.6. The number of aliphatic hydroxyl groups excluding tert-OH is 12. The first-order chi connectivity index (χ1) is 19.5. The lowest BCUT2D eigenvalue weighted by Crippen LogP contribution is -2.67. The fraction of sp³-hybridized carbons (Fsp3) is 1.00. The van der Waals surface area contributed by atoms with Crippen LogP contribution in [0, 0.1) is 5.92 Å². The van der Waals surface area contributed by atoms with Crippen molar-refractivity contribution in [1.29, 1.82) is 0 Å². The summed E-state index contributed by atoms with van der Waals surface area (Å²) in [5.74, 6) is -0.850. The molecule has 0 aliphatic carbocycles. The van der Waals surface area contributed by atoms with Crippen LogP contribution in [0.4, 0.5) is 0 Å². The SMILES string of the molecule is OC[C@H]1NC[C@@H](O)C1[C@H]1O[C@H](CO)[C@@H](O[C@@H]2O[C@H](CO)[C@@H](O[C@@H]3O[C@H](CO)[C@@H](O)[C@H](O)[C@H]3O)[C@H](O)[C@H]2O)[C@H](O)[C@H]1O. The van der Waals surface area contributed by atoms with E-state index in [9.17, 15) is 61.3 Å². The Balaban J connectivity index is 1.45. The Kier molecular flexibility index (Phi) is 11.3. The van der Waals surface area contributed by atoms with Gasteiger partial charge in [0, 0.05) is 18.5 Å². The van der Waals surface area contributed by atoms with Gasteiger partial charge in [-0.15, -0.1) is 0 Å². The van der Waals surface area contributed by atoms with Gasteiger partial charge in [0.15, 0.2) is 12.6 Å². The maximum Gasteiger partial charge on any atom is 0.187 e. The zero-order valence-corrected chi connectivity index (χ0v) is 21.8. The predicted octanol–water partition coefficient (Wildman–Crippen LogP) is -8.58. The van der Waals surface area contributed by atoms with Gasteiger partial charge >= 0.3 is 0 Å². The highest BCUT2D eigenvalue weighted by Gasteiger charge is 2.55. The highest BCUT2D eigenvalue weighted by atomic mass is 16.7. The van der Waals surface area contributed by atoms with Gasteiger partial charge in [0.1, 0.15) is 73.2 Å². The van der Waals surface area contributed by atoms with Crippen LogP contribution in [0.3, 0.4) is 0 Å². The normalized spacial score (nSPS) is 53.0. The van der Waals surface area contributed by atoms with Gasteiger partial charge in [-0.2, -0.15) is 0 Å². The van der Waals surface area contributed by atoms with E-state index in [1.54, 1.807) is 0 Å². The molecule has 0 aromatic carbocycles. The molecule has 18 heteroatoms. The fourth-order valence-electron chi connectivity index (χ4n) is 5.87. The van der Waals surface area contributed by atoms with Gasteiger partial charge in [0.05, 0.1) is 38.6 Å². The van der Waals surface area contributed by atoms with Crippen molar-refractivity contribution in [2.45, 2.75) is 104 Å². The topological polar surface area (TPSA) is 301 Å². The van der Waals surface area contributed by atoms with E-state index in [0.717, 1.165) is 0 Å². The van der Waals surface area contributed by atoms with E-state index in [0.29, 0.717) is 0 Å². The molecule has 4 fully saturated rings. The van der Waals surface area contributed by atoms with Crippen LogP contribution >= 0.6 is 0 Å². The van der Waals surface area contributed by atoms with Gasteiger partial charge in [-0.1, -0.05) is 0 Å². The molecule has 4 heterocycles. The lowest BCUT2D eigenvalue weighted by Gasteiger charge is -2.49. The number of rotatable bonds is 9. The van der Waals surface area contributed by atoms with E-state index in [4.69, 9.17) is 23.7 Å². The summed E-state index contributed by atoms with van der Waals surface area (Å²) in [7, 11) is 0. The summed E-state index contributed by atoms with van der Waals surface area (Å²) >= 11 is 0. The number of ether oxygens (including phenoxy) is 5. The maximum atomic E-state index is 10.9. The van der Waals surface area contributed by atoms with Crippen LogP contribution in [0.25, 0.3) is 0 Å². The predicted molar refractivity (Wildman–Crippen MR) is 127 cm³/mol. The monoisotopic (exact) mass is 603 g/mol. The number of hydrogen-bond acceptors (Lipinski definition) is 18. The summed E-state index contributed by atoms with van der Waals surface area (Å²) in [5.41, 5.74) is 0. The standard InChI is InChI=1S/C23H41NO17/c25-2-6-11(7(29)1-24-6)21-15(33)14(32)19(9(4-27)37-21)40-23-18(36)16(34)20(10(5-28)39-23)41-22-17(35)13(31)12(30)8(3-26)38-22/h6-36H,1-5H2/t6-,7-,8-,9-,10-,11?,12-,13+,14-,15-,16-,17-,18-,19-,20-,21-,22+,23+/m1/s1. The third-order valence-electron chi connectivity index (χ3n) is 8.23. The van der Waals surface area contributed by atoms with Crippen LogP contribution in [0.5, 0.6) is 0 Å². The highest BCUT2D eigenvalue weighted by molar-refractivity contribution is 5.03. The van der Waals surface area contributed by atoms with Crippen molar-refractivity contribution in [3.05, 3.63) is 0 Å². The molecule has 0 radical (unpaired) electrons. The molecule has 41 heavy (non-hydrogen) atoms. The Morgan fingerprint density at radius 3 is 1.56 bits per heavy atom. The highest BCUT2D eigenvalue weighted by Crippen LogP contribution is 2.35. The van der Waals surface area contributed by atoms with Crippen molar-refractivity contribution in [3.63, 3.8) is 0 Å². The Morgan fingerprint density at radius 1 is 0.537 bits per heavy atom. The summed E-state index contributed by atoms with van der Waals surface area (Å²) in [4.78, 5) is 0. The van der Waals surface area contributed by atoms with Crippen molar-refractivity contribution in [2.24, 2.45) is 5.92 Å². The molecule has 4 saturated heterocycles. The quantitative estimate of drug-likeness (QED) is 0.116. The number of nitrogens with one attached hydrogen (secondary N) is 1.